The van der Waals surface area contributed by atoms with E-state index in [9.17, 15) is 3.89 Å². The number of hydrogen-bond donors (Lipinski definition) is 0. The summed E-state index contributed by atoms with van der Waals surface area (Å²) >= 11 is 1.52. The van der Waals surface area contributed by atoms with Crippen molar-refractivity contribution in [3.05, 3.63) is 69.8 Å². The molecule has 3 rings (SSSR count). The van der Waals surface area contributed by atoms with Gasteiger partial charge in [-0.15, -0.1) is 3.89 Å². The van der Waals surface area contributed by atoms with Gasteiger partial charge in [0.25, 0.3) is 10.5 Å². The maximum absolute atomic E-state index is 10.1. The zero-order valence-corrected chi connectivity index (χ0v) is 15.5. The Labute approximate surface area is 147 Å². The van der Waals surface area contributed by atoms with Crippen molar-refractivity contribution in [2.45, 2.75) is 38.2 Å². The molecule has 0 fully saturated rings. The summed E-state index contributed by atoms with van der Waals surface area (Å²) in [6.45, 7) is 4.58. The monoisotopic (exact) mass is 368 g/mol. The van der Waals surface area contributed by atoms with E-state index in [-0.39, 0.29) is 0 Å². The Morgan fingerprint density at radius 1 is 0.875 bits per heavy atom. The molecule has 1 heterocycles. The van der Waals surface area contributed by atoms with Gasteiger partial charge in [-0.25, -0.2) is 8.42 Å². The van der Waals surface area contributed by atoms with Crippen molar-refractivity contribution in [1.82, 2.24) is 0 Å². The maximum Gasteiger partial charge on any atom is 0.255 e. The first-order valence-corrected chi connectivity index (χ1v) is 10.3. The van der Waals surface area contributed by atoms with Gasteiger partial charge in [-0.1, -0.05) is 36.4 Å². The van der Waals surface area contributed by atoms with Crippen LogP contribution in [-0.2, 0) is 46.6 Å². The molecule has 0 spiro atoms. The smallest absolute Gasteiger partial charge is 0.255 e. The highest BCUT2D eigenvalue weighted by molar-refractivity contribution is 7.80. The topological polar surface area (TPSA) is 57.2 Å². The fourth-order valence-electron chi connectivity index (χ4n) is 2.92. The second-order valence-corrected chi connectivity index (χ2v) is 7.70. The number of fused-ring (bicyclic) bond motifs is 4. The Hall–Kier alpha value is -1.37. The lowest BCUT2D eigenvalue weighted by Gasteiger charge is -2.10. The van der Waals surface area contributed by atoms with Crippen LogP contribution >= 0.6 is 0 Å². The third kappa shape index (κ3) is 5.61. The van der Waals surface area contributed by atoms with Crippen molar-refractivity contribution in [2.24, 2.45) is 0 Å². The van der Waals surface area contributed by atoms with Gasteiger partial charge in [0.1, 0.15) is 11.5 Å². The van der Waals surface area contributed by atoms with Crippen LogP contribution in [0.2, 0.25) is 0 Å². The van der Waals surface area contributed by atoms with Crippen LogP contribution in [0.4, 0.5) is 3.89 Å². The molecule has 0 aromatic heterocycles. The molecule has 0 N–H and O–H groups in total. The van der Waals surface area contributed by atoms with E-state index >= 15 is 0 Å². The first-order chi connectivity index (χ1) is 11.3. The van der Waals surface area contributed by atoms with Crippen LogP contribution in [0.25, 0.3) is 0 Å². The third-order valence-corrected chi connectivity index (χ3v) is 5.47. The van der Waals surface area contributed by atoms with Gasteiger partial charge < -0.3 is 4.55 Å². The molecule has 1 aliphatic rings. The van der Waals surface area contributed by atoms with E-state index in [0.29, 0.717) is 0 Å². The second kappa shape index (κ2) is 8.14. The predicted octanol–water partition coefficient (Wildman–Crippen LogP) is 3.33. The standard InChI is InChI=1S/C18H20S.FHO3S/c1-13-15-5-3-7-17(13)11-19-12-18-8-4-6-16(10-9-15)14(18)2;1-5(2,3)4/h3-8H,9-12H2,1-2H3;(H,2,3,4). The normalized spacial score (nSPS) is 14.2. The minimum Gasteiger partial charge on any atom is -0.722 e. The minimum absolute atomic E-state index is 1.17. The number of benzene rings is 2. The van der Waals surface area contributed by atoms with Gasteiger partial charge in [-0.05, 0) is 60.7 Å². The fourth-order valence-corrected chi connectivity index (χ4v) is 4.20. The number of rotatable bonds is 0. The van der Waals surface area contributed by atoms with Crippen molar-refractivity contribution in [2.75, 3.05) is 0 Å². The van der Waals surface area contributed by atoms with Gasteiger partial charge in [-0.3, -0.25) is 0 Å². The van der Waals surface area contributed by atoms with Crippen LogP contribution in [0.1, 0.15) is 33.4 Å². The highest BCUT2D eigenvalue weighted by atomic mass is 32.3. The first kappa shape index (κ1) is 19.0. The molecule has 3 nitrogen and oxygen atoms in total. The summed E-state index contributed by atoms with van der Waals surface area (Å²) in [5, 5.41) is 0. The van der Waals surface area contributed by atoms with Crippen LogP contribution in [0, 0.1) is 13.8 Å². The Morgan fingerprint density at radius 2 is 1.21 bits per heavy atom. The fraction of sp³-hybridized carbons (Fsp3) is 0.333. The quantitative estimate of drug-likeness (QED) is 0.310. The average Bonchev–Trinajstić information content (AvgIpc) is 2.49. The molecule has 0 amide bonds. The molecule has 2 aromatic rings. The summed E-state index contributed by atoms with van der Waals surface area (Å²) in [6, 6.07) is 13.7. The van der Waals surface area contributed by atoms with Crippen LogP contribution < -0.4 is 0 Å². The summed E-state index contributed by atoms with van der Waals surface area (Å²) in [6.07, 6.45) is 2.34. The van der Waals surface area contributed by atoms with Crippen molar-refractivity contribution in [3.8, 4) is 0 Å². The lowest BCUT2D eigenvalue weighted by atomic mass is 9.94. The van der Waals surface area contributed by atoms with Gasteiger partial charge in [0.05, 0.1) is 0 Å². The van der Waals surface area contributed by atoms with E-state index in [2.05, 4.69) is 50.2 Å². The van der Waals surface area contributed by atoms with E-state index in [1.165, 1.54) is 69.5 Å². The van der Waals surface area contributed by atoms with Gasteiger partial charge in [0.2, 0.25) is 0 Å². The molecule has 4 bridgehead atoms. The van der Waals surface area contributed by atoms with Gasteiger partial charge in [0, 0.05) is 11.1 Å². The van der Waals surface area contributed by atoms with Crippen molar-refractivity contribution >= 4 is 22.3 Å². The molecule has 0 saturated heterocycles. The zero-order chi connectivity index (χ0) is 17.7. The number of halogens is 1. The summed E-state index contributed by atoms with van der Waals surface area (Å²) in [5.74, 6) is 2.37. The number of aryl methyl sites for hydroxylation is 2. The lowest BCUT2D eigenvalue weighted by molar-refractivity contribution is 0.417. The largest absolute Gasteiger partial charge is 0.722 e. The van der Waals surface area contributed by atoms with E-state index in [4.69, 9.17) is 13.0 Å². The molecule has 0 atom stereocenters. The molecule has 24 heavy (non-hydrogen) atoms. The summed E-state index contributed by atoms with van der Waals surface area (Å²) < 4.78 is 35.3. The molecule has 0 unspecified atom stereocenters. The molecule has 0 radical (unpaired) electrons. The second-order valence-electron chi connectivity index (χ2n) is 5.84. The van der Waals surface area contributed by atoms with Crippen LogP contribution in [0.15, 0.2) is 36.4 Å². The SMILES string of the molecule is Cc1c2cccc1C[SH+]Cc1cccc(c1C)CC2.O=S(=O)([O-])F. The van der Waals surface area contributed by atoms with Gasteiger partial charge >= 0.3 is 0 Å². The number of thiol groups is 1. The summed E-state index contributed by atoms with van der Waals surface area (Å²) in [7, 11) is -5.42. The molecule has 130 valence electrons. The Morgan fingerprint density at radius 3 is 1.58 bits per heavy atom. The van der Waals surface area contributed by atoms with Gasteiger partial charge in [0.15, 0.2) is 0 Å². The molecule has 2 aromatic carbocycles. The van der Waals surface area contributed by atoms with Crippen LogP contribution in [-0.4, -0.2) is 13.0 Å². The zero-order valence-electron chi connectivity index (χ0n) is 13.8. The maximum atomic E-state index is 10.1. The van der Waals surface area contributed by atoms with Crippen molar-refractivity contribution in [3.63, 3.8) is 0 Å². The Kier molecular flexibility index (Phi) is 6.43. The van der Waals surface area contributed by atoms with E-state index in [0.717, 1.165) is 0 Å². The van der Waals surface area contributed by atoms with Crippen molar-refractivity contribution in [1.29, 1.82) is 0 Å². The Bertz CT molecular complexity index is 756. The first-order valence-electron chi connectivity index (χ1n) is 7.69. The van der Waals surface area contributed by atoms with Crippen LogP contribution in [0.3, 0.4) is 0 Å². The lowest BCUT2D eigenvalue weighted by Crippen LogP contribution is -1.98. The van der Waals surface area contributed by atoms with E-state index in [1.54, 1.807) is 0 Å². The van der Waals surface area contributed by atoms with E-state index < -0.39 is 10.5 Å². The average molecular weight is 368 g/mol. The predicted molar refractivity (Wildman–Crippen MR) is 96.7 cm³/mol. The summed E-state index contributed by atoms with van der Waals surface area (Å²) in [4.78, 5) is 0. The van der Waals surface area contributed by atoms with Crippen molar-refractivity contribution < 1.29 is 16.9 Å². The Balaban J connectivity index is 0.000000368. The minimum atomic E-state index is -5.42. The highest BCUT2D eigenvalue weighted by Crippen LogP contribution is 2.22. The third-order valence-electron chi connectivity index (χ3n) is 4.34. The summed E-state index contributed by atoms with van der Waals surface area (Å²) in [5.41, 5.74) is 9.16. The molecule has 0 aliphatic carbocycles. The molecular weight excluding hydrogens is 347 g/mol. The van der Waals surface area contributed by atoms with Gasteiger partial charge in [-0.2, -0.15) is 0 Å². The molecule has 0 saturated carbocycles. The molecule has 1 aliphatic heterocycles. The van der Waals surface area contributed by atoms with Crippen LogP contribution in [0.5, 0.6) is 0 Å². The van der Waals surface area contributed by atoms with E-state index in [1.807, 2.05) is 0 Å². The number of hydrogen-bond acceptors (Lipinski definition) is 3. The molecular formula is C18H21FO3S2. The molecule has 6 heteroatoms. The highest BCUT2D eigenvalue weighted by Gasteiger charge is 2.13.